The highest BCUT2D eigenvalue weighted by atomic mass is 32.2. The summed E-state index contributed by atoms with van der Waals surface area (Å²) in [7, 11) is -7.36. The van der Waals surface area contributed by atoms with Gasteiger partial charge in [-0.1, -0.05) is 12.1 Å². The number of carbonyl (C=O) groups excluding carboxylic acids is 1. The normalized spacial score (nSPS) is 17.8. The van der Waals surface area contributed by atoms with Gasteiger partial charge in [0.05, 0.1) is 34.0 Å². The van der Waals surface area contributed by atoms with Crippen LogP contribution in [0.25, 0.3) is 11.0 Å². The van der Waals surface area contributed by atoms with Crippen LogP contribution in [0.15, 0.2) is 82.6 Å². The predicted octanol–water partition coefficient (Wildman–Crippen LogP) is 3.40. The second-order valence-corrected chi connectivity index (χ2v) is 14.2. The minimum Gasteiger partial charge on any atom is -0.379 e. The van der Waals surface area contributed by atoms with Gasteiger partial charge in [0, 0.05) is 43.3 Å². The third-order valence-electron chi connectivity index (χ3n) is 7.72. The monoisotopic (exact) mass is 609 g/mol. The standard InChI is InChI=1S/C29H31N5O6S2/c35-29(22-5-9-24(10-6-22)42(38,39)34-17-19-40-20-18-34)30-23-7-11-25(12-8-23)41(36,37)33-15-13-21(14-16-33)28-31-26-3-1-2-4-27(26)32-28/h1-12,21H,13-20H2,(H,30,35)(H,31,32). The summed E-state index contributed by atoms with van der Waals surface area (Å²) >= 11 is 0. The Labute approximate surface area is 244 Å². The highest BCUT2D eigenvalue weighted by Gasteiger charge is 2.31. The van der Waals surface area contributed by atoms with Crippen molar-refractivity contribution in [1.82, 2.24) is 18.6 Å². The van der Waals surface area contributed by atoms with E-state index < -0.39 is 26.0 Å². The van der Waals surface area contributed by atoms with Gasteiger partial charge in [-0.2, -0.15) is 8.61 Å². The number of amides is 1. The molecule has 220 valence electrons. The summed E-state index contributed by atoms with van der Waals surface area (Å²) in [4.78, 5) is 21.1. The molecule has 0 unspecified atom stereocenters. The maximum Gasteiger partial charge on any atom is 0.255 e. The van der Waals surface area contributed by atoms with Gasteiger partial charge in [-0.3, -0.25) is 4.79 Å². The summed E-state index contributed by atoms with van der Waals surface area (Å²) in [6, 6.07) is 19.6. The number of para-hydroxylation sites is 2. The van der Waals surface area contributed by atoms with Crippen molar-refractivity contribution in [3.05, 3.63) is 84.2 Å². The fourth-order valence-electron chi connectivity index (χ4n) is 5.31. The first-order valence-corrected chi connectivity index (χ1v) is 16.6. The molecule has 2 saturated heterocycles. The van der Waals surface area contributed by atoms with Crippen molar-refractivity contribution in [2.24, 2.45) is 0 Å². The molecule has 3 heterocycles. The predicted molar refractivity (Wildman–Crippen MR) is 157 cm³/mol. The van der Waals surface area contributed by atoms with E-state index in [-0.39, 0.29) is 34.4 Å². The van der Waals surface area contributed by atoms with Crippen molar-refractivity contribution in [2.75, 3.05) is 44.7 Å². The third-order valence-corrected chi connectivity index (χ3v) is 11.5. The first kappa shape index (κ1) is 28.5. The summed E-state index contributed by atoms with van der Waals surface area (Å²) in [5, 5.41) is 2.74. The average molecular weight is 610 g/mol. The Morgan fingerprint density at radius 2 is 1.36 bits per heavy atom. The second kappa shape index (κ2) is 11.6. The summed E-state index contributed by atoms with van der Waals surface area (Å²) in [6.07, 6.45) is 1.33. The van der Waals surface area contributed by atoms with Crippen molar-refractivity contribution < 1.29 is 26.4 Å². The Morgan fingerprint density at radius 1 is 0.786 bits per heavy atom. The van der Waals surface area contributed by atoms with Gasteiger partial charge in [0.2, 0.25) is 20.0 Å². The van der Waals surface area contributed by atoms with Crippen LogP contribution in [0.5, 0.6) is 0 Å². The molecule has 1 aromatic heterocycles. The fraction of sp³-hybridized carbons (Fsp3) is 0.310. The molecule has 11 nitrogen and oxygen atoms in total. The Morgan fingerprint density at radius 3 is 1.98 bits per heavy atom. The molecule has 0 radical (unpaired) electrons. The second-order valence-electron chi connectivity index (χ2n) is 10.3. The van der Waals surface area contributed by atoms with Gasteiger partial charge < -0.3 is 15.0 Å². The Hall–Kier alpha value is -3.62. The lowest BCUT2D eigenvalue weighted by atomic mass is 9.97. The summed E-state index contributed by atoms with van der Waals surface area (Å²) in [6.45, 7) is 2.05. The van der Waals surface area contributed by atoms with E-state index in [1.165, 1.54) is 45.0 Å². The SMILES string of the molecule is O=C(Nc1ccc(S(=O)(=O)N2CCC(c3nc4ccccc4[nH]3)CC2)cc1)c1ccc(S(=O)(=O)N2CCOCC2)cc1. The first-order valence-electron chi connectivity index (χ1n) is 13.8. The molecule has 0 aliphatic carbocycles. The first-order chi connectivity index (χ1) is 20.2. The molecule has 2 aliphatic heterocycles. The van der Waals surface area contributed by atoms with E-state index in [9.17, 15) is 21.6 Å². The van der Waals surface area contributed by atoms with Crippen molar-refractivity contribution in [1.29, 1.82) is 0 Å². The lowest BCUT2D eigenvalue weighted by Gasteiger charge is -2.30. The summed E-state index contributed by atoms with van der Waals surface area (Å²) in [5.41, 5.74) is 2.58. The molecule has 0 bridgehead atoms. The molecule has 2 fully saturated rings. The molecule has 1 amide bonds. The van der Waals surface area contributed by atoms with Crippen LogP contribution < -0.4 is 5.32 Å². The number of imidazole rings is 1. The number of fused-ring (bicyclic) bond motifs is 1. The van der Waals surface area contributed by atoms with E-state index >= 15 is 0 Å². The number of rotatable bonds is 7. The number of sulfonamides is 2. The molecule has 0 spiro atoms. The van der Waals surface area contributed by atoms with Crippen LogP contribution in [-0.2, 0) is 24.8 Å². The van der Waals surface area contributed by atoms with Gasteiger partial charge in [0.15, 0.2) is 0 Å². The smallest absolute Gasteiger partial charge is 0.255 e. The summed E-state index contributed by atoms with van der Waals surface area (Å²) in [5.74, 6) is 0.616. The van der Waals surface area contributed by atoms with Crippen LogP contribution in [0.1, 0.15) is 34.9 Å². The highest BCUT2D eigenvalue weighted by Crippen LogP contribution is 2.31. The lowest BCUT2D eigenvalue weighted by molar-refractivity contribution is 0.0730. The highest BCUT2D eigenvalue weighted by molar-refractivity contribution is 7.89. The molecule has 3 aromatic carbocycles. The number of hydrogen-bond donors (Lipinski definition) is 2. The molecule has 4 aromatic rings. The number of ether oxygens (including phenoxy) is 1. The van der Waals surface area contributed by atoms with Crippen molar-refractivity contribution in [2.45, 2.75) is 28.6 Å². The third kappa shape index (κ3) is 5.70. The number of H-pyrrole nitrogens is 1. The van der Waals surface area contributed by atoms with Crippen molar-refractivity contribution in [3.63, 3.8) is 0 Å². The Kier molecular flexibility index (Phi) is 7.85. The molecular weight excluding hydrogens is 578 g/mol. The Balaban J connectivity index is 1.06. The van der Waals surface area contributed by atoms with E-state index in [0.29, 0.717) is 44.8 Å². The number of anilines is 1. The van der Waals surface area contributed by atoms with E-state index in [2.05, 4.69) is 15.3 Å². The van der Waals surface area contributed by atoms with Crippen LogP contribution in [0.2, 0.25) is 0 Å². The number of nitrogens with one attached hydrogen (secondary N) is 2. The van der Waals surface area contributed by atoms with Gasteiger partial charge >= 0.3 is 0 Å². The number of piperidine rings is 1. The molecular formula is C29H31N5O6S2. The Bertz CT molecular complexity index is 1760. The van der Waals surface area contributed by atoms with Gasteiger partial charge in [0.1, 0.15) is 5.82 Å². The quantitative estimate of drug-likeness (QED) is 0.327. The molecule has 42 heavy (non-hydrogen) atoms. The number of aromatic nitrogens is 2. The molecule has 6 rings (SSSR count). The van der Waals surface area contributed by atoms with E-state index in [1.807, 2.05) is 24.3 Å². The summed E-state index contributed by atoms with van der Waals surface area (Å²) < 4.78 is 60.3. The molecule has 13 heteroatoms. The van der Waals surface area contributed by atoms with E-state index in [0.717, 1.165) is 16.9 Å². The maximum absolute atomic E-state index is 13.3. The number of carbonyl (C=O) groups is 1. The molecule has 0 saturated carbocycles. The van der Waals surface area contributed by atoms with E-state index in [1.54, 1.807) is 12.1 Å². The van der Waals surface area contributed by atoms with Crippen molar-refractivity contribution in [3.8, 4) is 0 Å². The lowest BCUT2D eigenvalue weighted by Crippen LogP contribution is -2.40. The number of morpholine rings is 1. The number of benzene rings is 3. The number of hydrogen-bond acceptors (Lipinski definition) is 7. The van der Waals surface area contributed by atoms with Gasteiger partial charge in [0.25, 0.3) is 5.91 Å². The van der Waals surface area contributed by atoms with Crippen LogP contribution in [0.3, 0.4) is 0 Å². The van der Waals surface area contributed by atoms with Crippen LogP contribution in [0, 0.1) is 0 Å². The zero-order valence-electron chi connectivity index (χ0n) is 22.8. The molecule has 2 aliphatic rings. The zero-order chi connectivity index (χ0) is 29.3. The van der Waals surface area contributed by atoms with Gasteiger partial charge in [-0.05, 0) is 73.5 Å². The largest absolute Gasteiger partial charge is 0.379 e. The maximum atomic E-state index is 13.3. The van der Waals surface area contributed by atoms with Gasteiger partial charge in [-0.15, -0.1) is 0 Å². The topological polar surface area (TPSA) is 142 Å². The number of nitrogens with zero attached hydrogens (tertiary/aromatic N) is 3. The molecule has 0 atom stereocenters. The van der Waals surface area contributed by atoms with Crippen LogP contribution in [0.4, 0.5) is 5.69 Å². The van der Waals surface area contributed by atoms with E-state index in [4.69, 9.17) is 4.74 Å². The average Bonchev–Trinajstić information content (AvgIpc) is 3.46. The van der Waals surface area contributed by atoms with Crippen molar-refractivity contribution >= 4 is 42.7 Å². The van der Waals surface area contributed by atoms with Crippen LogP contribution in [-0.4, -0.2) is 80.7 Å². The molecule has 2 N–H and O–H groups in total. The fourth-order valence-corrected chi connectivity index (χ4v) is 8.19. The minimum absolute atomic E-state index is 0.108. The van der Waals surface area contributed by atoms with Crippen LogP contribution >= 0.6 is 0 Å². The number of aromatic amines is 1. The van der Waals surface area contributed by atoms with Gasteiger partial charge in [-0.25, -0.2) is 21.8 Å². The zero-order valence-corrected chi connectivity index (χ0v) is 24.4. The minimum atomic E-state index is -3.70.